The topological polar surface area (TPSA) is 58.6 Å². The average molecular weight is 235 g/mol. The van der Waals surface area contributed by atoms with Crippen molar-refractivity contribution in [2.45, 2.75) is 25.0 Å². The van der Waals surface area contributed by atoms with Crippen LogP contribution in [0.4, 0.5) is 0 Å². The standard InChI is InChI=1S/C13H17NO3/c1-17-8-9-2-4-10(5-3-9)11-6-7-14-12(11)13(15)16/h2-5,11-12,14H,6-8H2,1H3,(H,15,16)/t11-,12+/m1/s1. The first kappa shape index (κ1) is 12.1. The molecule has 0 spiro atoms. The molecule has 1 aromatic carbocycles. The normalized spacial score (nSPS) is 23.8. The summed E-state index contributed by atoms with van der Waals surface area (Å²) >= 11 is 0. The van der Waals surface area contributed by atoms with Gasteiger partial charge in [-0.1, -0.05) is 24.3 Å². The van der Waals surface area contributed by atoms with Gasteiger partial charge in [-0.05, 0) is 24.1 Å². The summed E-state index contributed by atoms with van der Waals surface area (Å²) in [5.74, 6) is -0.697. The van der Waals surface area contributed by atoms with Gasteiger partial charge in [0, 0.05) is 13.0 Å². The first-order valence-electron chi connectivity index (χ1n) is 5.76. The summed E-state index contributed by atoms with van der Waals surface area (Å²) in [4.78, 5) is 11.1. The zero-order valence-corrected chi connectivity index (χ0v) is 9.85. The van der Waals surface area contributed by atoms with E-state index in [1.54, 1.807) is 7.11 Å². The van der Waals surface area contributed by atoms with Crippen LogP contribution in [0.3, 0.4) is 0 Å². The van der Waals surface area contributed by atoms with E-state index in [-0.39, 0.29) is 5.92 Å². The van der Waals surface area contributed by atoms with Crippen molar-refractivity contribution in [1.82, 2.24) is 5.32 Å². The number of ether oxygens (including phenoxy) is 1. The van der Waals surface area contributed by atoms with Crippen molar-refractivity contribution in [3.05, 3.63) is 35.4 Å². The van der Waals surface area contributed by atoms with E-state index in [9.17, 15) is 4.79 Å². The molecule has 0 radical (unpaired) electrons. The van der Waals surface area contributed by atoms with Crippen LogP contribution in [0.25, 0.3) is 0 Å². The van der Waals surface area contributed by atoms with Crippen LogP contribution in [0.1, 0.15) is 23.5 Å². The van der Waals surface area contributed by atoms with E-state index in [4.69, 9.17) is 9.84 Å². The number of aliphatic carboxylic acids is 1. The minimum atomic E-state index is -0.770. The van der Waals surface area contributed by atoms with Crippen LogP contribution in [0, 0.1) is 0 Å². The van der Waals surface area contributed by atoms with Gasteiger partial charge < -0.3 is 15.2 Å². The van der Waals surface area contributed by atoms with Crippen molar-refractivity contribution >= 4 is 5.97 Å². The lowest BCUT2D eigenvalue weighted by Crippen LogP contribution is -2.34. The maximum atomic E-state index is 11.1. The van der Waals surface area contributed by atoms with Gasteiger partial charge in [0.1, 0.15) is 6.04 Å². The summed E-state index contributed by atoms with van der Waals surface area (Å²) in [5, 5.41) is 12.1. The maximum absolute atomic E-state index is 11.1. The van der Waals surface area contributed by atoms with Gasteiger partial charge in [-0.15, -0.1) is 0 Å². The molecule has 1 aliphatic heterocycles. The van der Waals surface area contributed by atoms with E-state index in [1.807, 2.05) is 24.3 Å². The molecule has 0 bridgehead atoms. The molecule has 1 aromatic rings. The Morgan fingerprint density at radius 3 is 2.76 bits per heavy atom. The highest BCUT2D eigenvalue weighted by molar-refractivity contribution is 5.75. The Morgan fingerprint density at radius 2 is 2.18 bits per heavy atom. The Bertz CT molecular complexity index is 388. The van der Waals surface area contributed by atoms with Crippen LogP contribution in [-0.4, -0.2) is 30.8 Å². The third-order valence-corrected chi connectivity index (χ3v) is 3.21. The molecule has 0 amide bonds. The summed E-state index contributed by atoms with van der Waals surface area (Å²) in [7, 11) is 1.66. The lowest BCUT2D eigenvalue weighted by atomic mass is 9.91. The number of carboxylic acid groups (broad SMARTS) is 1. The van der Waals surface area contributed by atoms with Crippen molar-refractivity contribution in [3.63, 3.8) is 0 Å². The van der Waals surface area contributed by atoms with Gasteiger partial charge in [-0.3, -0.25) is 4.79 Å². The number of hydrogen-bond donors (Lipinski definition) is 2. The molecule has 0 unspecified atom stereocenters. The van der Waals surface area contributed by atoms with Gasteiger partial charge in [0.2, 0.25) is 0 Å². The monoisotopic (exact) mass is 235 g/mol. The fraction of sp³-hybridized carbons (Fsp3) is 0.462. The lowest BCUT2D eigenvalue weighted by molar-refractivity contribution is -0.139. The van der Waals surface area contributed by atoms with Crippen LogP contribution in [0.2, 0.25) is 0 Å². The van der Waals surface area contributed by atoms with Crippen molar-refractivity contribution in [2.24, 2.45) is 0 Å². The summed E-state index contributed by atoms with van der Waals surface area (Å²) in [6, 6.07) is 7.54. The summed E-state index contributed by atoms with van der Waals surface area (Å²) in [6.07, 6.45) is 0.876. The summed E-state index contributed by atoms with van der Waals surface area (Å²) < 4.78 is 5.05. The van der Waals surface area contributed by atoms with Gasteiger partial charge in [0.05, 0.1) is 6.61 Å². The Balaban J connectivity index is 2.13. The Hall–Kier alpha value is -1.39. The van der Waals surface area contributed by atoms with Crippen molar-refractivity contribution in [2.75, 3.05) is 13.7 Å². The molecule has 2 N–H and O–H groups in total. The number of rotatable bonds is 4. The first-order chi connectivity index (χ1) is 8.22. The average Bonchev–Trinajstić information content (AvgIpc) is 2.79. The number of nitrogens with one attached hydrogen (secondary N) is 1. The lowest BCUT2D eigenvalue weighted by Gasteiger charge is -2.16. The Kier molecular flexibility index (Phi) is 3.76. The maximum Gasteiger partial charge on any atom is 0.321 e. The van der Waals surface area contributed by atoms with Crippen molar-refractivity contribution in [1.29, 1.82) is 0 Å². The van der Waals surface area contributed by atoms with E-state index < -0.39 is 12.0 Å². The highest BCUT2D eigenvalue weighted by atomic mass is 16.5. The SMILES string of the molecule is COCc1ccc([C@H]2CCN[C@@H]2C(=O)O)cc1. The molecule has 1 aliphatic rings. The van der Waals surface area contributed by atoms with Crippen molar-refractivity contribution < 1.29 is 14.6 Å². The molecule has 4 nitrogen and oxygen atoms in total. The van der Waals surface area contributed by atoms with Gasteiger partial charge in [0.25, 0.3) is 0 Å². The third kappa shape index (κ3) is 2.65. The molecule has 17 heavy (non-hydrogen) atoms. The first-order valence-corrected chi connectivity index (χ1v) is 5.76. The van der Waals surface area contributed by atoms with E-state index in [1.165, 1.54) is 0 Å². The molecule has 1 heterocycles. The molecule has 4 heteroatoms. The van der Waals surface area contributed by atoms with Gasteiger partial charge >= 0.3 is 5.97 Å². The van der Waals surface area contributed by atoms with E-state index in [0.717, 1.165) is 24.1 Å². The number of benzene rings is 1. The quantitative estimate of drug-likeness (QED) is 0.827. The third-order valence-electron chi connectivity index (χ3n) is 3.21. The highest BCUT2D eigenvalue weighted by Crippen LogP contribution is 2.28. The Labute approximate surface area is 101 Å². The fourth-order valence-corrected chi connectivity index (χ4v) is 2.35. The molecule has 92 valence electrons. The van der Waals surface area contributed by atoms with Crippen LogP contribution in [0.15, 0.2) is 24.3 Å². The summed E-state index contributed by atoms with van der Waals surface area (Å²) in [6.45, 7) is 1.35. The predicted octanol–water partition coefficient (Wildman–Crippen LogP) is 1.36. The molecular weight excluding hydrogens is 218 g/mol. The number of hydrogen-bond acceptors (Lipinski definition) is 3. The van der Waals surface area contributed by atoms with Gasteiger partial charge in [0.15, 0.2) is 0 Å². The van der Waals surface area contributed by atoms with Gasteiger partial charge in [-0.2, -0.15) is 0 Å². The fourth-order valence-electron chi connectivity index (χ4n) is 2.35. The van der Waals surface area contributed by atoms with E-state index in [2.05, 4.69) is 5.32 Å². The second kappa shape index (κ2) is 5.29. The molecule has 0 aliphatic carbocycles. The van der Waals surface area contributed by atoms with E-state index in [0.29, 0.717) is 6.61 Å². The van der Waals surface area contributed by atoms with Crippen molar-refractivity contribution in [3.8, 4) is 0 Å². The molecule has 1 fully saturated rings. The molecule has 0 saturated carbocycles. The number of methoxy groups -OCH3 is 1. The van der Waals surface area contributed by atoms with E-state index >= 15 is 0 Å². The molecule has 1 saturated heterocycles. The summed E-state index contributed by atoms with van der Waals surface area (Å²) in [5.41, 5.74) is 2.19. The molecular formula is C13H17NO3. The minimum absolute atomic E-state index is 0.0732. The molecule has 0 aromatic heterocycles. The largest absolute Gasteiger partial charge is 0.480 e. The number of carboxylic acids is 1. The van der Waals surface area contributed by atoms with Crippen LogP contribution in [-0.2, 0) is 16.1 Å². The predicted molar refractivity (Wildman–Crippen MR) is 63.9 cm³/mol. The highest BCUT2D eigenvalue weighted by Gasteiger charge is 2.33. The van der Waals surface area contributed by atoms with Gasteiger partial charge in [-0.25, -0.2) is 0 Å². The second-order valence-electron chi connectivity index (χ2n) is 4.34. The zero-order chi connectivity index (χ0) is 12.3. The molecule has 2 rings (SSSR count). The smallest absolute Gasteiger partial charge is 0.321 e. The van der Waals surface area contributed by atoms with Crippen LogP contribution < -0.4 is 5.32 Å². The number of carbonyl (C=O) groups is 1. The van der Waals surface area contributed by atoms with Crippen LogP contribution in [0.5, 0.6) is 0 Å². The zero-order valence-electron chi connectivity index (χ0n) is 9.85. The Morgan fingerprint density at radius 1 is 1.47 bits per heavy atom. The minimum Gasteiger partial charge on any atom is -0.480 e. The second-order valence-corrected chi connectivity index (χ2v) is 4.34. The molecule has 2 atom stereocenters. The van der Waals surface area contributed by atoms with Crippen LogP contribution >= 0.6 is 0 Å².